The Morgan fingerprint density at radius 2 is 2.00 bits per heavy atom. The summed E-state index contributed by atoms with van der Waals surface area (Å²) in [6.07, 6.45) is 7.07. The summed E-state index contributed by atoms with van der Waals surface area (Å²) >= 11 is 0. The number of hydrogen-bond donors (Lipinski definition) is 1. The fraction of sp³-hybridized carbons (Fsp3) is 0.368. The summed E-state index contributed by atoms with van der Waals surface area (Å²) in [5, 5.41) is 11.2. The van der Waals surface area contributed by atoms with Crippen LogP contribution < -0.4 is 10.1 Å². The summed E-state index contributed by atoms with van der Waals surface area (Å²) in [6.45, 7) is 0. The largest absolute Gasteiger partial charge is 0.494 e. The number of azo groups is 1. The predicted molar refractivity (Wildman–Crippen MR) is 96.6 cm³/mol. The summed E-state index contributed by atoms with van der Waals surface area (Å²) in [5.74, 6) is 1.28. The number of methoxy groups -OCH3 is 1. The van der Waals surface area contributed by atoms with E-state index in [-0.39, 0.29) is 11.8 Å². The van der Waals surface area contributed by atoms with Crippen molar-refractivity contribution in [2.75, 3.05) is 12.4 Å². The second-order valence-corrected chi connectivity index (χ2v) is 6.10. The van der Waals surface area contributed by atoms with Crippen molar-refractivity contribution in [2.24, 2.45) is 16.1 Å². The maximum absolute atomic E-state index is 12.4. The molecule has 0 unspecified atom stereocenters. The molecule has 1 aromatic heterocycles. The molecule has 0 aliphatic heterocycles. The van der Waals surface area contributed by atoms with E-state index in [1.807, 2.05) is 12.1 Å². The molecule has 1 aliphatic carbocycles. The summed E-state index contributed by atoms with van der Waals surface area (Å²) in [4.78, 5) is 16.5. The van der Waals surface area contributed by atoms with Crippen LogP contribution in [0.15, 0.2) is 52.8 Å². The Labute approximate surface area is 147 Å². The number of carbonyl (C=O) groups is 1. The molecule has 1 saturated carbocycles. The van der Waals surface area contributed by atoms with Gasteiger partial charge < -0.3 is 10.1 Å². The number of rotatable bonds is 5. The van der Waals surface area contributed by atoms with Crippen LogP contribution in [0.1, 0.15) is 32.1 Å². The van der Waals surface area contributed by atoms with Gasteiger partial charge in [0, 0.05) is 18.2 Å². The third-order valence-electron chi connectivity index (χ3n) is 4.34. The predicted octanol–water partition coefficient (Wildman–Crippen LogP) is 5.02. The Bertz CT molecular complexity index is 740. The van der Waals surface area contributed by atoms with Crippen LogP contribution in [0.2, 0.25) is 0 Å². The lowest BCUT2D eigenvalue weighted by molar-refractivity contribution is -0.120. The zero-order chi connectivity index (χ0) is 17.5. The first-order valence-corrected chi connectivity index (χ1v) is 8.58. The van der Waals surface area contributed by atoms with Crippen LogP contribution >= 0.6 is 0 Å². The normalized spacial score (nSPS) is 15.2. The van der Waals surface area contributed by atoms with Gasteiger partial charge in [-0.3, -0.25) is 4.79 Å². The van der Waals surface area contributed by atoms with Crippen LogP contribution in [-0.4, -0.2) is 18.0 Å². The van der Waals surface area contributed by atoms with Crippen molar-refractivity contribution < 1.29 is 9.53 Å². The van der Waals surface area contributed by atoms with E-state index in [0.717, 1.165) is 25.7 Å². The highest BCUT2D eigenvalue weighted by atomic mass is 16.5. The van der Waals surface area contributed by atoms with E-state index < -0.39 is 0 Å². The van der Waals surface area contributed by atoms with E-state index in [1.54, 1.807) is 37.6 Å². The highest BCUT2D eigenvalue weighted by Crippen LogP contribution is 2.32. The van der Waals surface area contributed by atoms with Crippen LogP contribution in [-0.2, 0) is 4.79 Å². The minimum absolute atomic E-state index is 0.0702. The van der Waals surface area contributed by atoms with Gasteiger partial charge in [-0.15, -0.1) is 10.2 Å². The summed E-state index contributed by atoms with van der Waals surface area (Å²) in [5.41, 5.74) is 1.30. The molecular weight excluding hydrogens is 316 g/mol. The quantitative estimate of drug-likeness (QED) is 0.777. The molecular formula is C19H22N4O2. The Balaban J connectivity index is 1.71. The van der Waals surface area contributed by atoms with Crippen LogP contribution in [0.4, 0.5) is 17.2 Å². The lowest BCUT2D eigenvalue weighted by atomic mass is 9.88. The average Bonchev–Trinajstić information content (AvgIpc) is 2.68. The second kappa shape index (κ2) is 8.37. The molecule has 1 N–H and O–H groups in total. The van der Waals surface area contributed by atoms with Crippen molar-refractivity contribution in [3.63, 3.8) is 0 Å². The van der Waals surface area contributed by atoms with E-state index >= 15 is 0 Å². The minimum Gasteiger partial charge on any atom is -0.494 e. The highest BCUT2D eigenvalue weighted by molar-refractivity contribution is 5.94. The molecule has 1 aliphatic rings. The Morgan fingerprint density at radius 1 is 1.16 bits per heavy atom. The van der Waals surface area contributed by atoms with E-state index in [2.05, 4.69) is 20.5 Å². The number of amides is 1. The lowest BCUT2D eigenvalue weighted by Crippen LogP contribution is -2.24. The van der Waals surface area contributed by atoms with Gasteiger partial charge in [0.1, 0.15) is 5.75 Å². The molecule has 25 heavy (non-hydrogen) atoms. The molecule has 1 amide bonds. The van der Waals surface area contributed by atoms with Crippen molar-refractivity contribution in [3.05, 3.63) is 42.6 Å². The number of hydrogen-bond acceptors (Lipinski definition) is 5. The molecule has 6 heteroatoms. The van der Waals surface area contributed by atoms with E-state index in [0.29, 0.717) is 22.9 Å². The van der Waals surface area contributed by atoms with Crippen LogP contribution in [0.3, 0.4) is 0 Å². The van der Waals surface area contributed by atoms with Crippen LogP contribution in [0.25, 0.3) is 0 Å². The number of carbonyl (C=O) groups excluding carboxylic acids is 1. The number of nitrogens with zero attached hydrogens (tertiary/aromatic N) is 3. The molecule has 6 nitrogen and oxygen atoms in total. The monoisotopic (exact) mass is 338 g/mol. The molecule has 0 saturated heterocycles. The first-order valence-electron chi connectivity index (χ1n) is 8.58. The van der Waals surface area contributed by atoms with Gasteiger partial charge in [0.05, 0.1) is 18.5 Å². The van der Waals surface area contributed by atoms with Gasteiger partial charge >= 0.3 is 0 Å². The summed E-state index contributed by atoms with van der Waals surface area (Å²) < 4.78 is 5.39. The van der Waals surface area contributed by atoms with Crippen molar-refractivity contribution in [2.45, 2.75) is 32.1 Å². The molecule has 1 fully saturated rings. The number of aromatic nitrogens is 1. The van der Waals surface area contributed by atoms with Gasteiger partial charge in [0.15, 0.2) is 5.82 Å². The van der Waals surface area contributed by atoms with Crippen molar-refractivity contribution in [1.29, 1.82) is 0 Å². The van der Waals surface area contributed by atoms with Gasteiger partial charge in [-0.1, -0.05) is 25.3 Å². The van der Waals surface area contributed by atoms with Crippen molar-refractivity contribution in [3.8, 4) is 5.75 Å². The average molecular weight is 338 g/mol. The molecule has 0 radical (unpaired) electrons. The molecule has 1 aromatic carbocycles. The number of nitrogens with one attached hydrogen (secondary N) is 1. The minimum atomic E-state index is 0.0702. The zero-order valence-electron chi connectivity index (χ0n) is 14.3. The highest BCUT2D eigenvalue weighted by Gasteiger charge is 2.22. The second-order valence-electron chi connectivity index (χ2n) is 6.10. The van der Waals surface area contributed by atoms with Gasteiger partial charge in [-0.05, 0) is 37.1 Å². The number of benzene rings is 1. The number of pyridine rings is 1. The first kappa shape index (κ1) is 17.1. The lowest BCUT2D eigenvalue weighted by Gasteiger charge is -2.21. The van der Waals surface area contributed by atoms with Crippen molar-refractivity contribution >= 4 is 23.1 Å². The van der Waals surface area contributed by atoms with Crippen molar-refractivity contribution in [1.82, 2.24) is 4.98 Å². The van der Waals surface area contributed by atoms with Gasteiger partial charge in [0.25, 0.3) is 0 Å². The van der Waals surface area contributed by atoms with E-state index in [4.69, 9.17) is 4.74 Å². The van der Waals surface area contributed by atoms with E-state index in [9.17, 15) is 4.79 Å². The van der Waals surface area contributed by atoms with Crippen LogP contribution in [0, 0.1) is 5.92 Å². The summed E-state index contributed by atoms with van der Waals surface area (Å²) in [6, 6.07) is 10.8. The third-order valence-corrected chi connectivity index (χ3v) is 4.34. The maximum atomic E-state index is 12.4. The molecule has 0 atom stereocenters. The fourth-order valence-corrected chi connectivity index (χ4v) is 2.97. The molecule has 2 aromatic rings. The standard InChI is InChI=1S/C19H22N4O2/c1-25-17-13-15(22-23-18-9-5-6-12-20-18)10-11-16(17)21-19(24)14-7-3-2-4-8-14/h5-6,9-14H,2-4,7-8H2,1H3,(H,21,24)/b23-22-. The molecule has 1 heterocycles. The van der Waals surface area contributed by atoms with E-state index in [1.165, 1.54) is 6.42 Å². The SMILES string of the molecule is COc1cc(/N=N\c2ccccn2)ccc1NC(=O)C1CCCCC1. The van der Waals surface area contributed by atoms with Gasteiger partial charge in [0.2, 0.25) is 5.91 Å². The number of anilines is 1. The number of ether oxygens (including phenoxy) is 1. The van der Waals surface area contributed by atoms with Crippen LogP contribution in [0.5, 0.6) is 5.75 Å². The topological polar surface area (TPSA) is 75.9 Å². The first-order chi connectivity index (χ1) is 12.3. The Kier molecular flexibility index (Phi) is 5.72. The third kappa shape index (κ3) is 4.62. The smallest absolute Gasteiger partial charge is 0.227 e. The maximum Gasteiger partial charge on any atom is 0.227 e. The molecule has 3 rings (SSSR count). The van der Waals surface area contributed by atoms with Gasteiger partial charge in [-0.2, -0.15) is 0 Å². The molecule has 0 spiro atoms. The molecule has 130 valence electrons. The Hall–Kier alpha value is -2.76. The molecule has 0 bridgehead atoms. The van der Waals surface area contributed by atoms with Gasteiger partial charge in [-0.25, -0.2) is 4.98 Å². The summed E-state index contributed by atoms with van der Waals surface area (Å²) in [7, 11) is 1.57. The zero-order valence-corrected chi connectivity index (χ0v) is 14.3. The Morgan fingerprint density at radius 3 is 2.72 bits per heavy atom. The fourth-order valence-electron chi connectivity index (χ4n) is 2.97.